The molecule has 2 aromatic rings. The average Bonchev–Trinajstić information content (AvgIpc) is 3.13. The molecule has 35 heavy (non-hydrogen) atoms. The van der Waals surface area contributed by atoms with E-state index >= 15 is 0 Å². The van der Waals surface area contributed by atoms with Gasteiger partial charge >= 0.3 is 12.0 Å². The molecule has 2 fully saturated rings. The van der Waals surface area contributed by atoms with E-state index in [4.69, 9.17) is 4.74 Å². The topological polar surface area (TPSA) is 99.3 Å². The van der Waals surface area contributed by atoms with E-state index in [1.165, 1.54) is 12.1 Å². The van der Waals surface area contributed by atoms with Crippen LogP contribution in [-0.2, 0) is 24.7 Å². The van der Waals surface area contributed by atoms with E-state index < -0.39 is 36.6 Å². The van der Waals surface area contributed by atoms with Crippen molar-refractivity contribution in [2.24, 2.45) is 0 Å². The lowest BCUT2D eigenvalue weighted by Gasteiger charge is -2.36. The predicted molar refractivity (Wildman–Crippen MR) is 125 cm³/mol. The number of hydrogen-bond acceptors (Lipinski definition) is 6. The minimum Gasteiger partial charge on any atom is -0.454 e. The second-order valence-electron chi connectivity index (χ2n) is 8.45. The number of urea groups is 1. The molecule has 0 aromatic heterocycles. The van der Waals surface area contributed by atoms with Gasteiger partial charge in [0, 0.05) is 31.9 Å². The van der Waals surface area contributed by atoms with E-state index in [0.717, 1.165) is 10.6 Å². The van der Waals surface area contributed by atoms with Crippen LogP contribution in [0.25, 0.3) is 0 Å². The Labute approximate surface area is 202 Å². The molecule has 184 valence electrons. The zero-order valence-corrected chi connectivity index (χ0v) is 19.4. The van der Waals surface area contributed by atoms with Gasteiger partial charge in [0.25, 0.3) is 11.8 Å². The average molecular weight is 483 g/mol. The Morgan fingerprint density at radius 3 is 2.29 bits per heavy atom. The number of piperazine rings is 1. The van der Waals surface area contributed by atoms with E-state index in [2.05, 4.69) is 5.32 Å². The Bertz CT molecular complexity index is 1100. The fraction of sp³-hybridized carbons (Fsp3) is 0.360. The number of halogens is 1. The van der Waals surface area contributed by atoms with E-state index in [1.54, 1.807) is 48.2 Å². The van der Waals surface area contributed by atoms with Gasteiger partial charge in [-0.2, -0.15) is 0 Å². The number of benzene rings is 2. The van der Waals surface area contributed by atoms with Gasteiger partial charge < -0.3 is 19.9 Å². The zero-order chi connectivity index (χ0) is 25.0. The summed E-state index contributed by atoms with van der Waals surface area (Å²) in [6.07, 6.45) is 0.315. The summed E-state index contributed by atoms with van der Waals surface area (Å²) in [5.74, 6) is -2.04. The molecule has 10 heteroatoms. The van der Waals surface area contributed by atoms with Crippen LogP contribution in [0.5, 0.6) is 0 Å². The van der Waals surface area contributed by atoms with Gasteiger partial charge in [-0.1, -0.05) is 37.3 Å². The summed E-state index contributed by atoms with van der Waals surface area (Å²) in [6.45, 7) is 2.70. The molecule has 0 aliphatic carbocycles. The first-order chi connectivity index (χ1) is 16.8. The van der Waals surface area contributed by atoms with Gasteiger partial charge in [0.2, 0.25) is 0 Å². The van der Waals surface area contributed by atoms with Crippen molar-refractivity contribution in [3.63, 3.8) is 0 Å². The number of nitrogens with one attached hydrogen (secondary N) is 1. The van der Waals surface area contributed by atoms with Gasteiger partial charge in [0.1, 0.15) is 17.9 Å². The quantitative estimate of drug-likeness (QED) is 0.478. The van der Waals surface area contributed by atoms with Crippen LogP contribution in [0.15, 0.2) is 54.6 Å². The van der Waals surface area contributed by atoms with Crippen LogP contribution >= 0.6 is 0 Å². The Morgan fingerprint density at radius 1 is 1.00 bits per heavy atom. The van der Waals surface area contributed by atoms with Gasteiger partial charge in [-0.05, 0) is 36.2 Å². The van der Waals surface area contributed by atoms with Crippen molar-refractivity contribution in [1.82, 2.24) is 15.1 Å². The molecule has 0 saturated carbocycles. The number of anilines is 1. The third-order valence-corrected chi connectivity index (χ3v) is 6.44. The number of ether oxygens (including phenoxy) is 1. The molecular formula is C25H27FN4O5. The second kappa shape index (κ2) is 10.1. The molecule has 2 aliphatic heterocycles. The highest BCUT2D eigenvalue weighted by Gasteiger charge is 2.51. The first kappa shape index (κ1) is 24.2. The van der Waals surface area contributed by atoms with Crippen molar-refractivity contribution in [2.45, 2.75) is 18.9 Å². The fourth-order valence-electron chi connectivity index (χ4n) is 4.41. The summed E-state index contributed by atoms with van der Waals surface area (Å²) in [4.78, 5) is 54.9. The van der Waals surface area contributed by atoms with Crippen molar-refractivity contribution in [3.05, 3.63) is 66.0 Å². The van der Waals surface area contributed by atoms with Crippen molar-refractivity contribution < 1.29 is 28.3 Å². The van der Waals surface area contributed by atoms with E-state index in [-0.39, 0.29) is 11.7 Å². The molecule has 1 unspecified atom stereocenters. The minimum atomic E-state index is -1.24. The third kappa shape index (κ3) is 4.96. The van der Waals surface area contributed by atoms with Crippen molar-refractivity contribution in [2.75, 3.05) is 44.2 Å². The number of hydrogen-bond donors (Lipinski definition) is 1. The molecule has 2 aromatic carbocycles. The first-order valence-corrected chi connectivity index (χ1v) is 11.5. The van der Waals surface area contributed by atoms with Crippen LogP contribution in [-0.4, -0.2) is 72.9 Å². The Balaban J connectivity index is 1.27. The van der Waals surface area contributed by atoms with Gasteiger partial charge in [-0.15, -0.1) is 0 Å². The van der Waals surface area contributed by atoms with Crippen LogP contribution in [0.3, 0.4) is 0 Å². The number of esters is 1. The first-order valence-electron chi connectivity index (χ1n) is 11.5. The fourth-order valence-corrected chi connectivity index (χ4v) is 4.41. The monoisotopic (exact) mass is 482 g/mol. The maximum Gasteiger partial charge on any atom is 0.326 e. The molecule has 0 radical (unpaired) electrons. The van der Waals surface area contributed by atoms with Crippen LogP contribution in [0.2, 0.25) is 0 Å². The summed E-state index contributed by atoms with van der Waals surface area (Å²) in [5.41, 5.74) is 0.266. The molecule has 2 heterocycles. The van der Waals surface area contributed by atoms with Crippen molar-refractivity contribution in [1.29, 1.82) is 0 Å². The van der Waals surface area contributed by atoms with Crippen LogP contribution < -0.4 is 10.2 Å². The molecule has 9 nitrogen and oxygen atoms in total. The van der Waals surface area contributed by atoms with Crippen molar-refractivity contribution in [3.8, 4) is 0 Å². The highest BCUT2D eigenvalue weighted by atomic mass is 19.1. The molecule has 0 bridgehead atoms. The number of imide groups is 1. The Kier molecular flexibility index (Phi) is 6.99. The van der Waals surface area contributed by atoms with E-state index in [9.17, 15) is 23.6 Å². The predicted octanol–water partition coefficient (Wildman–Crippen LogP) is 1.87. The zero-order valence-electron chi connectivity index (χ0n) is 19.4. The third-order valence-electron chi connectivity index (χ3n) is 6.44. The highest BCUT2D eigenvalue weighted by molar-refractivity contribution is 6.09. The molecular weight excluding hydrogens is 455 g/mol. The molecule has 4 amide bonds. The van der Waals surface area contributed by atoms with Gasteiger partial charge in [0.05, 0.1) is 0 Å². The number of nitrogens with zero attached hydrogens (tertiary/aromatic N) is 3. The largest absolute Gasteiger partial charge is 0.454 e. The molecule has 1 atom stereocenters. The number of carbonyl (C=O) groups excluding carboxylic acids is 4. The number of rotatable bonds is 7. The van der Waals surface area contributed by atoms with Crippen LogP contribution in [0, 0.1) is 5.82 Å². The smallest absolute Gasteiger partial charge is 0.326 e. The molecule has 2 saturated heterocycles. The highest BCUT2D eigenvalue weighted by Crippen LogP contribution is 2.32. The molecule has 1 N–H and O–H groups in total. The molecule has 0 spiro atoms. The Morgan fingerprint density at radius 2 is 1.66 bits per heavy atom. The molecule has 4 rings (SSSR count). The summed E-state index contributed by atoms with van der Waals surface area (Å²) in [6, 6.07) is 14.3. The van der Waals surface area contributed by atoms with E-state index in [0.29, 0.717) is 38.2 Å². The van der Waals surface area contributed by atoms with Gasteiger partial charge in [-0.25, -0.2) is 9.18 Å². The molecule has 2 aliphatic rings. The van der Waals surface area contributed by atoms with Crippen LogP contribution in [0.1, 0.15) is 18.9 Å². The number of carbonyl (C=O) groups is 4. The SMILES string of the molecule is CCC1(c2ccccc2)NC(=O)N(CC(=O)OCC(=O)N2CCN(c3ccc(F)cc3)CC2)C1=O. The van der Waals surface area contributed by atoms with E-state index in [1.807, 2.05) is 11.0 Å². The maximum atomic E-state index is 13.1. The van der Waals surface area contributed by atoms with Crippen molar-refractivity contribution >= 4 is 29.5 Å². The second-order valence-corrected chi connectivity index (χ2v) is 8.45. The standard InChI is InChI=1S/C25H27FN4O5/c1-2-25(18-6-4-3-5-7-18)23(33)30(24(34)27-25)16-22(32)35-17-21(31)29-14-12-28(13-15-29)20-10-8-19(26)9-11-20/h3-11H,2,12-17H2,1H3,(H,27,34). The lowest BCUT2D eigenvalue weighted by molar-refractivity contribution is -0.154. The Hall–Kier alpha value is -3.95. The normalized spacial score (nSPS) is 20.1. The van der Waals surface area contributed by atoms with Crippen LogP contribution in [0.4, 0.5) is 14.9 Å². The number of amides is 4. The lowest BCUT2D eigenvalue weighted by Crippen LogP contribution is -2.50. The van der Waals surface area contributed by atoms with Gasteiger partial charge in [0.15, 0.2) is 6.61 Å². The lowest BCUT2D eigenvalue weighted by atomic mass is 9.87. The van der Waals surface area contributed by atoms with Gasteiger partial charge in [-0.3, -0.25) is 19.3 Å². The summed E-state index contributed by atoms with van der Waals surface area (Å²) in [5, 5.41) is 2.70. The summed E-state index contributed by atoms with van der Waals surface area (Å²) in [7, 11) is 0. The summed E-state index contributed by atoms with van der Waals surface area (Å²) >= 11 is 0. The minimum absolute atomic E-state index is 0.307. The summed E-state index contributed by atoms with van der Waals surface area (Å²) < 4.78 is 18.2. The maximum absolute atomic E-state index is 13.1.